The molecule has 138 valence electrons. The molecule has 0 aliphatic carbocycles. The second kappa shape index (κ2) is 10.6. The fraction of sp³-hybridized carbons (Fsp3) is 0.611. The third-order valence-corrected chi connectivity index (χ3v) is 3.80. The van der Waals surface area contributed by atoms with Gasteiger partial charge in [-0.15, -0.1) is 12.4 Å². The van der Waals surface area contributed by atoms with Gasteiger partial charge in [0.05, 0.1) is 6.04 Å². The first-order valence-corrected chi connectivity index (χ1v) is 8.20. The normalized spacial score (nSPS) is 12.4. The van der Waals surface area contributed by atoms with E-state index in [1.54, 1.807) is 0 Å². The van der Waals surface area contributed by atoms with E-state index in [1.165, 1.54) is 12.1 Å². The number of nitrogens with one attached hydrogen (secondary N) is 1. The molecule has 3 nitrogen and oxygen atoms in total. The molecule has 0 aliphatic rings. The maximum Gasteiger partial charge on any atom is 0.220 e. The molecule has 0 saturated heterocycles. The minimum atomic E-state index is -0.631. The van der Waals surface area contributed by atoms with E-state index < -0.39 is 17.7 Å². The molecule has 1 aromatic rings. The van der Waals surface area contributed by atoms with Crippen molar-refractivity contribution in [3.63, 3.8) is 0 Å². The Bertz CT molecular complexity index is 518. The number of benzene rings is 1. The number of amides is 1. The monoisotopic (exact) mass is 362 g/mol. The maximum absolute atomic E-state index is 14.1. The van der Waals surface area contributed by atoms with Crippen molar-refractivity contribution in [2.75, 3.05) is 6.54 Å². The van der Waals surface area contributed by atoms with Crippen LogP contribution in [0.5, 0.6) is 0 Å². The molecule has 1 rings (SSSR count). The molecule has 1 aromatic carbocycles. The lowest BCUT2D eigenvalue weighted by atomic mass is 9.82. The summed E-state index contributed by atoms with van der Waals surface area (Å²) in [7, 11) is 0. The molecule has 0 heterocycles. The van der Waals surface area contributed by atoms with Crippen LogP contribution in [0.1, 0.15) is 64.5 Å². The number of unbranched alkanes of at least 4 members (excludes halogenated alkanes) is 3. The molecule has 1 unspecified atom stereocenters. The fourth-order valence-electron chi connectivity index (χ4n) is 2.51. The van der Waals surface area contributed by atoms with E-state index in [2.05, 4.69) is 5.32 Å². The molecule has 6 heteroatoms. The Morgan fingerprint density at radius 1 is 1.17 bits per heavy atom. The Balaban J connectivity index is 0.00000529. The van der Waals surface area contributed by atoms with Gasteiger partial charge in [-0.3, -0.25) is 4.79 Å². The predicted molar refractivity (Wildman–Crippen MR) is 96.1 cm³/mol. The zero-order valence-corrected chi connectivity index (χ0v) is 15.5. The van der Waals surface area contributed by atoms with E-state index >= 15 is 0 Å². The average Bonchev–Trinajstić information content (AvgIpc) is 2.44. The quantitative estimate of drug-likeness (QED) is 0.669. The van der Waals surface area contributed by atoms with Crippen LogP contribution in [0.4, 0.5) is 8.78 Å². The van der Waals surface area contributed by atoms with E-state index in [0.29, 0.717) is 18.5 Å². The molecule has 1 atom stereocenters. The van der Waals surface area contributed by atoms with Gasteiger partial charge in [-0.25, -0.2) is 8.78 Å². The summed E-state index contributed by atoms with van der Waals surface area (Å²) < 4.78 is 27.2. The van der Waals surface area contributed by atoms with Crippen molar-refractivity contribution in [3.05, 3.63) is 35.4 Å². The predicted octanol–water partition coefficient (Wildman–Crippen LogP) is 4.50. The molecule has 1 amide bonds. The van der Waals surface area contributed by atoms with Crippen LogP contribution in [-0.4, -0.2) is 12.5 Å². The van der Waals surface area contributed by atoms with Gasteiger partial charge in [-0.2, -0.15) is 0 Å². The van der Waals surface area contributed by atoms with Gasteiger partial charge >= 0.3 is 0 Å². The van der Waals surface area contributed by atoms with Crippen LogP contribution < -0.4 is 11.1 Å². The Kier molecular flexibility index (Phi) is 10.1. The van der Waals surface area contributed by atoms with Crippen molar-refractivity contribution < 1.29 is 13.6 Å². The van der Waals surface area contributed by atoms with E-state index in [4.69, 9.17) is 5.73 Å². The van der Waals surface area contributed by atoms with E-state index in [0.717, 1.165) is 31.7 Å². The first-order valence-electron chi connectivity index (χ1n) is 8.20. The van der Waals surface area contributed by atoms with Crippen molar-refractivity contribution in [1.82, 2.24) is 5.32 Å². The Morgan fingerprint density at radius 2 is 1.79 bits per heavy atom. The van der Waals surface area contributed by atoms with Gasteiger partial charge in [0, 0.05) is 18.1 Å². The summed E-state index contributed by atoms with van der Waals surface area (Å²) in [5, 5.41) is 2.90. The summed E-state index contributed by atoms with van der Waals surface area (Å²) in [6, 6.07) is 2.98. The van der Waals surface area contributed by atoms with Gasteiger partial charge < -0.3 is 11.1 Å². The molecular weight excluding hydrogens is 334 g/mol. The molecule has 0 aromatic heterocycles. The lowest BCUT2D eigenvalue weighted by Gasteiger charge is -2.32. The van der Waals surface area contributed by atoms with Gasteiger partial charge in [0.15, 0.2) is 0 Å². The Hall–Kier alpha value is -1.20. The third kappa shape index (κ3) is 7.58. The van der Waals surface area contributed by atoms with Crippen LogP contribution in [0.15, 0.2) is 18.2 Å². The molecule has 0 spiro atoms. The number of halogens is 3. The highest BCUT2D eigenvalue weighted by Gasteiger charge is 2.30. The van der Waals surface area contributed by atoms with E-state index in [1.807, 2.05) is 20.8 Å². The van der Waals surface area contributed by atoms with Gasteiger partial charge in [0.2, 0.25) is 5.91 Å². The van der Waals surface area contributed by atoms with Crippen molar-refractivity contribution in [2.24, 2.45) is 11.1 Å². The van der Waals surface area contributed by atoms with Crippen molar-refractivity contribution in [1.29, 1.82) is 0 Å². The zero-order chi connectivity index (χ0) is 17.5. The van der Waals surface area contributed by atoms with Gasteiger partial charge in [0.25, 0.3) is 0 Å². The highest BCUT2D eigenvalue weighted by molar-refractivity contribution is 5.85. The summed E-state index contributed by atoms with van der Waals surface area (Å²) in [6.07, 6.45) is 4.12. The van der Waals surface area contributed by atoms with Gasteiger partial charge in [-0.05, 0) is 30.9 Å². The lowest BCUT2D eigenvalue weighted by molar-refractivity contribution is -0.122. The largest absolute Gasteiger partial charge is 0.349 e. The van der Waals surface area contributed by atoms with E-state index in [9.17, 15) is 13.6 Å². The second-order valence-electron chi connectivity index (χ2n) is 6.99. The molecule has 0 fully saturated rings. The third-order valence-electron chi connectivity index (χ3n) is 3.80. The molecule has 0 radical (unpaired) electrons. The van der Waals surface area contributed by atoms with Crippen LogP contribution in [-0.2, 0) is 4.79 Å². The fourth-order valence-corrected chi connectivity index (χ4v) is 2.51. The SMILES string of the molecule is CC(C)(C)C(NC(=O)CCCCCCN)c1ccc(F)cc1F.Cl. The number of hydrogen-bond donors (Lipinski definition) is 2. The summed E-state index contributed by atoms with van der Waals surface area (Å²) in [5.74, 6) is -1.36. The first-order chi connectivity index (χ1) is 10.8. The van der Waals surface area contributed by atoms with Crippen molar-refractivity contribution in [3.8, 4) is 0 Å². The minimum absolute atomic E-state index is 0. The lowest BCUT2D eigenvalue weighted by Crippen LogP contribution is -2.37. The van der Waals surface area contributed by atoms with Gasteiger partial charge in [0.1, 0.15) is 11.6 Å². The zero-order valence-electron chi connectivity index (χ0n) is 14.7. The standard InChI is InChI=1S/C18H28F2N2O.ClH/c1-18(2,3)17(14-10-9-13(19)12-15(14)20)22-16(23)8-6-4-5-7-11-21;/h9-10,12,17H,4-8,11,21H2,1-3H3,(H,22,23);1H. The molecule has 0 aliphatic heterocycles. The summed E-state index contributed by atoms with van der Waals surface area (Å²) >= 11 is 0. The number of hydrogen-bond acceptors (Lipinski definition) is 2. The number of nitrogens with two attached hydrogens (primary N) is 1. The van der Waals surface area contributed by atoms with E-state index in [-0.39, 0.29) is 23.7 Å². The minimum Gasteiger partial charge on any atom is -0.349 e. The number of carbonyl (C=O) groups excluding carboxylic acids is 1. The number of carbonyl (C=O) groups is 1. The topological polar surface area (TPSA) is 55.1 Å². The average molecular weight is 363 g/mol. The number of rotatable bonds is 8. The Morgan fingerprint density at radius 3 is 2.33 bits per heavy atom. The Labute approximate surface area is 149 Å². The summed E-state index contributed by atoms with van der Waals surface area (Å²) in [4.78, 5) is 12.2. The van der Waals surface area contributed by atoms with Crippen LogP contribution in [0.2, 0.25) is 0 Å². The highest BCUT2D eigenvalue weighted by Crippen LogP contribution is 2.34. The summed E-state index contributed by atoms with van der Waals surface area (Å²) in [6.45, 7) is 6.42. The molecule has 24 heavy (non-hydrogen) atoms. The smallest absolute Gasteiger partial charge is 0.220 e. The van der Waals surface area contributed by atoms with Crippen LogP contribution in [0.25, 0.3) is 0 Å². The molecule has 3 N–H and O–H groups in total. The van der Waals surface area contributed by atoms with Crippen LogP contribution in [0.3, 0.4) is 0 Å². The van der Waals surface area contributed by atoms with Crippen LogP contribution in [0, 0.1) is 17.0 Å². The molecular formula is C18H29ClF2N2O. The highest BCUT2D eigenvalue weighted by atomic mass is 35.5. The molecule has 0 bridgehead atoms. The van der Waals surface area contributed by atoms with Crippen molar-refractivity contribution >= 4 is 18.3 Å². The van der Waals surface area contributed by atoms with Gasteiger partial charge in [-0.1, -0.05) is 39.7 Å². The first kappa shape index (κ1) is 22.8. The summed E-state index contributed by atoms with van der Waals surface area (Å²) in [5.41, 5.74) is 5.37. The van der Waals surface area contributed by atoms with Crippen LogP contribution >= 0.6 is 12.4 Å². The van der Waals surface area contributed by atoms with Crippen molar-refractivity contribution in [2.45, 2.75) is 58.9 Å². The second-order valence-corrected chi connectivity index (χ2v) is 6.99. The maximum atomic E-state index is 14.1. The molecule has 0 saturated carbocycles.